The zero-order chi connectivity index (χ0) is 16.7. The van der Waals surface area contributed by atoms with E-state index in [1.54, 1.807) is 0 Å². The lowest BCUT2D eigenvalue weighted by Gasteiger charge is -2.05. The van der Waals surface area contributed by atoms with Gasteiger partial charge in [0, 0.05) is 6.07 Å². The van der Waals surface area contributed by atoms with E-state index < -0.39 is 47.6 Å². The molecular weight excluding hydrogens is 350 g/mol. The summed E-state index contributed by atoms with van der Waals surface area (Å²) in [5, 5.41) is 3.86. The number of halogens is 4. The van der Waals surface area contributed by atoms with E-state index in [4.69, 9.17) is 21.4 Å². The summed E-state index contributed by atoms with van der Waals surface area (Å²) in [5.41, 5.74) is -1.54. The Morgan fingerprint density at radius 1 is 1.32 bits per heavy atom. The average molecular weight is 356 g/mol. The van der Waals surface area contributed by atoms with Gasteiger partial charge in [-0.05, 0) is 12.1 Å². The Morgan fingerprint density at radius 3 is 2.45 bits per heavy atom. The minimum Gasteiger partial charge on any atom is -0.318 e. The molecule has 2 aromatic rings. The lowest BCUT2D eigenvalue weighted by atomic mass is 10.3. The molecule has 12 heteroatoms. The number of amides is 1. The van der Waals surface area contributed by atoms with E-state index in [9.17, 15) is 22.5 Å². The number of carbonyl (C=O) groups is 1. The molecule has 3 N–H and O–H groups in total. The number of nitrogens with one attached hydrogen (secondary N) is 1. The van der Waals surface area contributed by atoms with Crippen molar-refractivity contribution in [3.63, 3.8) is 0 Å². The van der Waals surface area contributed by atoms with Gasteiger partial charge in [0.05, 0.1) is 5.69 Å². The van der Waals surface area contributed by atoms with Crippen LogP contribution in [-0.4, -0.2) is 25.2 Å². The van der Waals surface area contributed by atoms with Gasteiger partial charge in [-0.1, -0.05) is 11.6 Å². The fraction of sp³-hybridized carbons (Fsp3) is 0. The zero-order valence-electron chi connectivity index (χ0n) is 10.3. The summed E-state index contributed by atoms with van der Waals surface area (Å²) in [7, 11) is -5.07. The summed E-state index contributed by atoms with van der Waals surface area (Å²) in [6, 6.07) is 2.20. The van der Waals surface area contributed by atoms with Gasteiger partial charge in [-0.25, -0.2) is 17.7 Å². The number of hydrogen-bond donors (Lipinski definition) is 3. The molecule has 0 spiro atoms. The number of nitrogens with zero attached hydrogens (tertiary/aromatic N) is 2. The lowest BCUT2D eigenvalue weighted by Crippen LogP contribution is -2.15. The van der Waals surface area contributed by atoms with Crippen LogP contribution in [0.3, 0.4) is 0 Å². The average Bonchev–Trinajstić information content (AvgIpc) is 2.69. The van der Waals surface area contributed by atoms with Crippen molar-refractivity contribution in [1.29, 1.82) is 0 Å². The standard InChI is InChI=1S/C10H6ClF3N3O4P/c11-9-7(14)8(16-17(9)22(19,20)21)10(18)15-6-2-1-4(12)3-5(6)13/h1-3H,(H,15,18)(H2,19,20,21). The summed E-state index contributed by atoms with van der Waals surface area (Å²) < 4.78 is 50.6. The van der Waals surface area contributed by atoms with Crippen LogP contribution in [0.5, 0.6) is 0 Å². The number of aromatic nitrogens is 2. The summed E-state index contributed by atoms with van der Waals surface area (Å²) in [6.45, 7) is 0. The number of anilines is 1. The molecule has 2 rings (SSSR count). The first-order valence-electron chi connectivity index (χ1n) is 5.38. The Balaban J connectivity index is 2.36. The second-order valence-corrected chi connectivity index (χ2v) is 5.70. The van der Waals surface area contributed by atoms with E-state index in [0.29, 0.717) is 6.07 Å². The van der Waals surface area contributed by atoms with E-state index in [-0.39, 0.29) is 4.45 Å². The highest BCUT2D eigenvalue weighted by Crippen LogP contribution is 2.40. The van der Waals surface area contributed by atoms with Crippen molar-refractivity contribution in [2.75, 3.05) is 5.32 Å². The lowest BCUT2D eigenvalue weighted by molar-refractivity contribution is 0.101. The first-order valence-corrected chi connectivity index (χ1v) is 7.32. The second kappa shape index (κ2) is 5.73. The van der Waals surface area contributed by atoms with Crippen LogP contribution in [-0.2, 0) is 4.57 Å². The monoisotopic (exact) mass is 355 g/mol. The van der Waals surface area contributed by atoms with Gasteiger partial charge in [0.15, 0.2) is 16.7 Å². The van der Waals surface area contributed by atoms with Gasteiger partial charge in [0.2, 0.25) is 0 Å². The number of hydrogen-bond acceptors (Lipinski definition) is 3. The molecule has 1 amide bonds. The van der Waals surface area contributed by atoms with Crippen LogP contribution < -0.4 is 5.32 Å². The maximum atomic E-state index is 13.7. The Labute approximate surface area is 125 Å². The summed E-state index contributed by atoms with van der Waals surface area (Å²) in [4.78, 5) is 29.5. The third-order valence-corrected chi connectivity index (χ3v) is 3.63. The van der Waals surface area contributed by atoms with Gasteiger partial charge in [-0.2, -0.15) is 9.55 Å². The van der Waals surface area contributed by atoms with E-state index >= 15 is 0 Å². The molecule has 0 unspecified atom stereocenters. The molecule has 7 nitrogen and oxygen atoms in total. The van der Waals surface area contributed by atoms with Gasteiger partial charge < -0.3 is 15.1 Å². The highest BCUT2D eigenvalue weighted by atomic mass is 35.5. The summed E-state index contributed by atoms with van der Waals surface area (Å²) in [5.74, 6) is -4.84. The molecule has 1 heterocycles. The first-order chi connectivity index (χ1) is 10.1. The van der Waals surface area contributed by atoms with E-state index in [0.717, 1.165) is 12.1 Å². The topological polar surface area (TPSA) is 104 Å². The van der Waals surface area contributed by atoms with Crippen molar-refractivity contribution in [1.82, 2.24) is 9.55 Å². The second-order valence-electron chi connectivity index (χ2n) is 3.93. The van der Waals surface area contributed by atoms with Crippen LogP contribution in [0, 0.1) is 17.5 Å². The largest absolute Gasteiger partial charge is 0.451 e. The van der Waals surface area contributed by atoms with Gasteiger partial charge in [0.1, 0.15) is 11.6 Å². The fourth-order valence-corrected chi connectivity index (χ4v) is 2.40. The van der Waals surface area contributed by atoms with Crippen molar-refractivity contribution in [2.24, 2.45) is 0 Å². The number of benzene rings is 1. The normalized spacial score (nSPS) is 11.5. The predicted octanol–water partition coefficient (Wildman–Crippen LogP) is 2.15. The quantitative estimate of drug-likeness (QED) is 0.732. The molecule has 0 radical (unpaired) electrons. The SMILES string of the molecule is O=C(Nc1ccc(F)cc1F)c1nn(P(=O)(O)O)c(Cl)c1F. The van der Waals surface area contributed by atoms with Crippen LogP contribution in [0.2, 0.25) is 5.15 Å². The van der Waals surface area contributed by atoms with Crippen molar-refractivity contribution >= 4 is 30.9 Å². The smallest absolute Gasteiger partial charge is 0.318 e. The minimum absolute atomic E-state index is 0.181. The Kier molecular flexibility index (Phi) is 4.30. The molecule has 0 saturated carbocycles. The third-order valence-electron chi connectivity index (χ3n) is 2.40. The van der Waals surface area contributed by atoms with Gasteiger partial charge in [-0.15, -0.1) is 0 Å². The van der Waals surface area contributed by atoms with Crippen LogP contribution in [0.1, 0.15) is 10.5 Å². The molecule has 22 heavy (non-hydrogen) atoms. The van der Waals surface area contributed by atoms with Gasteiger partial charge in [-0.3, -0.25) is 4.79 Å². The summed E-state index contributed by atoms with van der Waals surface area (Å²) >= 11 is 5.33. The molecule has 1 aromatic carbocycles. The van der Waals surface area contributed by atoms with E-state index in [1.165, 1.54) is 0 Å². The molecule has 0 aliphatic carbocycles. The molecule has 0 saturated heterocycles. The van der Waals surface area contributed by atoms with Crippen LogP contribution in [0.25, 0.3) is 0 Å². The molecule has 0 fully saturated rings. The predicted molar refractivity (Wildman–Crippen MR) is 68.9 cm³/mol. The first kappa shape index (κ1) is 16.5. The Hall–Kier alpha value is -1.87. The van der Waals surface area contributed by atoms with Crippen molar-refractivity contribution in [3.8, 4) is 0 Å². The van der Waals surface area contributed by atoms with Crippen molar-refractivity contribution in [2.45, 2.75) is 0 Å². The maximum Gasteiger partial charge on any atom is 0.451 e. The van der Waals surface area contributed by atoms with Crippen molar-refractivity contribution < 1.29 is 32.3 Å². The van der Waals surface area contributed by atoms with Gasteiger partial charge >= 0.3 is 7.75 Å². The molecule has 118 valence electrons. The minimum atomic E-state index is -5.07. The van der Waals surface area contributed by atoms with Crippen LogP contribution >= 0.6 is 19.3 Å². The maximum absolute atomic E-state index is 13.7. The van der Waals surface area contributed by atoms with E-state index in [1.807, 2.05) is 5.32 Å². The summed E-state index contributed by atoms with van der Waals surface area (Å²) in [6.07, 6.45) is 0. The van der Waals surface area contributed by atoms with Crippen LogP contribution in [0.15, 0.2) is 18.2 Å². The molecule has 0 atom stereocenters. The van der Waals surface area contributed by atoms with Crippen LogP contribution in [0.4, 0.5) is 18.9 Å². The highest BCUT2D eigenvalue weighted by molar-refractivity contribution is 7.50. The molecule has 0 aliphatic heterocycles. The molecule has 0 bridgehead atoms. The zero-order valence-corrected chi connectivity index (χ0v) is 11.9. The number of carbonyl (C=O) groups excluding carboxylic acids is 1. The molecule has 0 aliphatic rings. The highest BCUT2D eigenvalue weighted by Gasteiger charge is 2.30. The van der Waals surface area contributed by atoms with E-state index in [2.05, 4.69) is 5.10 Å². The Morgan fingerprint density at radius 2 is 1.95 bits per heavy atom. The Bertz CT molecular complexity index is 807. The van der Waals surface area contributed by atoms with Crippen molar-refractivity contribution in [3.05, 3.63) is 46.5 Å². The third kappa shape index (κ3) is 3.14. The fourth-order valence-electron chi connectivity index (χ4n) is 1.46. The molecule has 1 aromatic heterocycles. The molecular formula is C10H6ClF3N3O4P. The number of rotatable bonds is 3. The van der Waals surface area contributed by atoms with Gasteiger partial charge in [0.25, 0.3) is 5.91 Å².